The van der Waals surface area contributed by atoms with Crippen molar-refractivity contribution in [3.63, 3.8) is 0 Å². The lowest BCUT2D eigenvalue weighted by atomic mass is 10.2. The van der Waals surface area contributed by atoms with Crippen LogP contribution in [0.1, 0.15) is 10.4 Å². The van der Waals surface area contributed by atoms with Crippen molar-refractivity contribution in [2.75, 3.05) is 12.3 Å². The van der Waals surface area contributed by atoms with E-state index < -0.39 is 0 Å². The van der Waals surface area contributed by atoms with Crippen molar-refractivity contribution in [3.05, 3.63) is 29.8 Å². The van der Waals surface area contributed by atoms with E-state index in [1.807, 2.05) is 18.2 Å². The first-order chi connectivity index (χ1) is 7.77. The monoisotopic (exact) mass is 251 g/mol. The molecular formula is C11H9NO2S2. The smallest absolute Gasteiger partial charge is 0.256 e. The third kappa shape index (κ3) is 1.46. The number of benzene rings is 1. The molecule has 16 heavy (non-hydrogen) atoms. The first-order valence-corrected chi connectivity index (χ1v) is 6.87. The molecule has 0 radical (unpaired) electrons. The summed E-state index contributed by atoms with van der Waals surface area (Å²) >= 11 is 2.75. The molecule has 2 heterocycles. The molecule has 1 fully saturated rings. The van der Waals surface area contributed by atoms with Crippen molar-refractivity contribution in [2.45, 2.75) is 10.3 Å². The van der Waals surface area contributed by atoms with E-state index in [0.717, 1.165) is 10.6 Å². The van der Waals surface area contributed by atoms with Gasteiger partial charge in [0.05, 0.1) is 5.56 Å². The van der Waals surface area contributed by atoms with Gasteiger partial charge in [0.25, 0.3) is 5.91 Å². The summed E-state index contributed by atoms with van der Waals surface area (Å²) in [5, 5.41) is -0.217. The normalized spacial score (nSPS) is 24.0. The number of nitrogens with zero attached hydrogens (tertiary/aromatic N) is 1. The number of amides is 1. The summed E-state index contributed by atoms with van der Waals surface area (Å²) in [6.45, 7) is 0.675. The molecule has 3 rings (SSSR count). The Hall–Kier alpha value is -0.940. The summed E-state index contributed by atoms with van der Waals surface area (Å²) in [5.41, 5.74) is 0.658. The van der Waals surface area contributed by atoms with Crippen molar-refractivity contribution in [3.8, 4) is 0 Å². The average Bonchev–Trinajstić information content (AvgIpc) is 2.74. The largest absolute Gasteiger partial charge is 0.318 e. The van der Waals surface area contributed by atoms with Crippen LogP contribution in [0.2, 0.25) is 0 Å². The van der Waals surface area contributed by atoms with Gasteiger partial charge in [-0.05, 0) is 23.9 Å². The van der Waals surface area contributed by atoms with E-state index in [0.29, 0.717) is 12.1 Å². The first-order valence-electron chi connectivity index (χ1n) is 5.00. The van der Waals surface area contributed by atoms with Crippen molar-refractivity contribution in [1.82, 2.24) is 4.90 Å². The van der Waals surface area contributed by atoms with Crippen LogP contribution in [-0.4, -0.2) is 33.6 Å². The van der Waals surface area contributed by atoms with Crippen LogP contribution in [0.3, 0.4) is 0 Å². The Kier molecular flexibility index (Phi) is 2.44. The molecule has 1 aromatic carbocycles. The van der Waals surface area contributed by atoms with Crippen molar-refractivity contribution in [2.24, 2.45) is 0 Å². The van der Waals surface area contributed by atoms with Gasteiger partial charge in [-0.3, -0.25) is 9.59 Å². The summed E-state index contributed by atoms with van der Waals surface area (Å²) < 4.78 is 0. The van der Waals surface area contributed by atoms with Crippen LogP contribution in [0.4, 0.5) is 0 Å². The van der Waals surface area contributed by atoms with Crippen LogP contribution >= 0.6 is 23.5 Å². The van der Waals surface area contributed by atoms with Gasteiger partial charge in [0.15, 0.2) is 0 Å². The average molecular weight is 251 g/mol. The molecule has 1 saturated heterocycles. The Morgan fingerprint density at radius 2 is 2.06 bits per heavy atom. The van der Waals surface area contributed by atoms with Gasteiger partial charge in [-0.2, -0.15) is 0 Å². The molecule has 0 unspecified atom stereocenters. The maximum atomic E-state index is 12.2. The third-order valence-electron chi connectivity index (χ3n) is 2.68. The van der Waals surface area contributed by atoms with Crippen LogP contribution in [-0.2, 0) is 4.79 Å². The SMILES string of the molecule is O=C1Sc2ccccc2C(=O)N2CCS[C@@H]12. The van der Waals surface area contributed by atoms with Crippen molar-refractivity contribution in [1.29, 1.82) is 0 Å². The summed E-state index contributed by atoms with van der Waals surface area (Å²) in [7, 11) is 0. The quantitative estimate of drug-likeness (QED) is 0.705. The van der Waals surface area contributed by atoms with E-state index in [4.69, 9.17) is 0 Å². The number of hydrogen-bond donors (Lipinski definition) is 0. The lowest BCUT2D eigenvalue weighted by molar-refractivity contribution is -0.112. The maximum absolute atomic E-state index is 12.2. The minimum absolute atomic E-state index is 0.0102. The molecule has 5 heteroatoms. The van der Waals surface area contributed by atoms with Gasteiger partial charge in [-0.25, -0.2) is 0 Å². The molecule has 2 aliphatic heterocycles. The number of hydrogen-bond acceptors (Lipinski definition) is 4. The molecule has 0 saturated carbocycles. The molecule has 0 aliphatic carbocycles. The van der Waals surface area contributed by atoms with Crippen LogP contribution in [0.25, 0.3) is 0 Å². The number of thioether (sulfide) groups is 2. The van der Waals surface area contributed by atoms with Gasteiger partial charge in [0.2, 0.25) is 5.12 Å². The number of fused-ring (bicyclic) bond motifs is 2. The fraction of sp³-hybridized carbons (Fsp3) is 0.273. The highest BCUT2D eigenvalue weighted by atomic mass is 32.2. The lowest BCUT2D eigenvalue weighted by Gasteiger charge is -2.18. The van der Waals surface area contributed by atoms with E-state index in [2.05, 4.69) is 0 Å². The lowest BCUT2D eigenvalue weighted by Crippen LogP contribution is -2.36. The molecule has 0 spiro atoms. The zero-order valence-electron chi connectivity index (χ0n) is 8.38. The topological polar surface area (TPSA) is 37.4 Å². The summed E-state index contributed by atoms with van der Waals surface area (Å²) in [4.78, 5) is 26.6. The fourth-order valence-corrected chi connectivity index (χ4v) is 4.17. The zero-order valence-corrected chi connectivity index (χ0v) is 10.0. The van der Waals surface area contributed by atoms with Crippen LogP contribution in [0.5, 0.6) is 0 Å². The fourth-order valence-electron chi connectivity index (χ4n) is 1.92. The van der Waals surface area contributed by atoms with E-state index in [9.17, 15) is 9.59 Å². The van der Waals surface area contributed by atoms with Crippen molar-refractivity contribution < 1.29 is 9.59 Å². The van der Waals surface area contributed by atoms with Crippen molar-refractivity contribution >= 4 is 34.5 Å². The summed E-state index contributed by atoms with van der Waals surface area (Å²) in [6.07, 6.45) is 0. The Balaban J connectivity index is 2.11. The molecule has 1 atom stereocenters. The van der Waals surface area contributed by atoms with Gasteiger partial charge in [-0.1, -0.05) is 12.1 Å². The van der Waals surface area contributed by atoms with Crippen LogP contribution < -0.4 is 0 Å². The third-order valence-corrected chi connectivity index (χ3v) is 5.03. The van der Waals surface area contributed by atoms with E-state index >= 15 is 0 Å². The molecular weight excluding hydrogens is 242 g/mol. The van der Waals surface area contributed by atoms with Gasteiger partial charge < -0.3 is 4.90 Å². The molecule has 0 bridgehead atoms. The Bertz CT molecular complexity index is 475. The molecule has 82 valence electrons. The van der Waals surface area contributed by atoms with E-state index in [1.165, 1.54) is 11.8 Å². The molecule has 3 nitrogen and oxygen atoms in total. The van der Waals surface area contributed by atoms with Gasteiger partial charge >= 0.3 is 0 Å². The highest BCUT2D eigenvalue weighted by Gasteiger charge is 2.39. The second-order valence-corrected chi connectivity index (χ2v) is 5.87. The predicted octanol–water partition coefficient (Wildman–Crippen LogP) is 1.83. The number of carbonyl (C=O) groups is 2. The van der Waals surface area contributed by atoms with Crippen LogP contribution in [0, 0.1) is 0 Å². The highest BCUT2D eigenvalue weighted by Crippen LogP contribution is 2.37. The zero-order chi connectivity index (χ0) is 11.1. The maximum Gasteiger partial charge on any atom is 0.256 e. The summed E-state index contributed by atoms with van der Waals surface area (Å²) in [5.74, 6) is 0.842. The Morgan fingerprint density at radius 3 is 2.94 bits per heavy atom. The minimum atomic E-state index is -0.287. The van der Waals surface area contributed by atoms with Crippen LogP contribution in [0.15, 0.2) is 29.2 Å². The predicted molar refractivity (Wildman–Crippen MR) is 64.6 cm³/mol. The second kappa shape index (κ2) is 3.82. The van der Waals surface area contributed by atoms with Gasteiger partial charge in [0.1, 0.15) is 5.37 Å². The van der Waals surface area contributed by atoms with E-state index in [1.54, 1.807) is 22.7 Å². The molecule has 0 aromatic heterocycles. The molecule has 1 aromatic rings. The Labute approximate surface area is 102 Å². The first kappa shape index (κ1) is 10.2. The van der Waals surface area contributed by atoms with E-state index in [-0.39, 0.29) is 16.4 Å². The molecule has 2 aliphatic rings. The van der Waals surface area contributed by atoms with Gasteiger partial charge in [0, 0.05) is 17.2 Å². The number of carbonyl (C=O) groups excluding carboxylic acids is 2. The standard InChI is InChI=1S/C11H9NO2S2/c13-9-7-3-1-2-4-8(7)16-11(14)10-12(9)5-6-15-10/h1-4,10H,5-6H2/t10-/m0/s1. The second-order valence-electron chi connectivity index (χ2n) is 3.64. The molecule has 0 N–H and O–H groups in total. The molecule has 1 amide bonds. The number of rotatable bonds is 0. The van der Waals surface area contributed by atoms with Gasteiger partial charge in [-0.15, -0.1) is 11.8 Å². The Morgan fingerprint density at radius 1 is 1.25 bits per heavy atom. The highest BCUT2D eigenvalue weighted by molar-refractivity contribution is 8.16. The minimum Gasteiger partial charge on any atom is -0.318 e. The summed E-state index contributed by atoms with van der Waals surface area (Å²) in [6, 6.07) is 7.33.